The Bertz CT molecular complexity index is 540. The van der Waals surface area contributed by atoms with Crippen molar-refractivity contribution in [1.82, 2.24) is 5.32 Å². The first-order valence-electron chi connectivity index (χ1n) is 6.46. The molecule has 1 heterocycles. The largest absolute Gasteiger partial charge is 0.313 e. The van der Waals surface area contributed by atoms with Crippen LogP contribution in [0.4, 0.5) is 5.69 Å². The molecule has 106 valence electrons. The van der Waals surface area contributed by atoms with E-state index in [1.165, 1.54) is 0 Å². The number of rotatable bonds is 4. The van der Waals surface area contributed by atoms with Gasteiger partial charge in [0, 0.05) is 11.1 Å². The molecule has 0 saturated carbocycles. The molecule has 1 atom stereocenters. The van der Waals surface area contributed by atoms with Crippen LogP contribution in [-0.2, 0) is 10.0 Å². The summed E-state index contributed by atoms with van der Waals surface area (Å²) >= 11 is 5.89. The average molecular weight is 303 g/mol. The number of hydrogen-bond donors (Lipinski definition) is 2. The van der Waals surface area contributed by atoms with Crippen molar-refractivity contribution in [1.29, 1.82) is 0 Å². The molecule has 1 aromatic carbocycles. The molecule has 1 unspecified atom stereocenters. The Balaban J connectivity index is 2.05. The summed E-state index contributed by atoms with van der Waals surface area (Å²) < 4.78 is 26.9. The van der Waals surface area contributed by atoms with Gasteiger partial charge in [0.25, 0.3) is 0 Å². The van der Waals surface area contributed by atoms with Crippen molar-refractivity contribution < 1.29 is 8.42 Å². The van der Waals surface area contributed by atoms with Crippen molar-refractivity contribution in [3.05, 3.63) is 28.8 Å². The Kier molecular flexibility index (Phi) is 4.71. The van der Waals surface area contributed by atoms with Gasteiger partial charge in [0.1, 0.15) is 0 Å². The van der Waals surface area contributed by atoms with Gasteiger partial charge >= 0.3 is 0 Å². The number of piperidine rings is 1. The van der Waals surface area contributed by atoms with Crippen LogP contribution < -0.4 is 10.0 Å². The monoisotopic (exact) mass is 302 g/mol. The van der Waals surface area contributed by atoms with Crippen molar-refractivity contribution in [2.45, 2.75) is 32.2 Å². The van der Waals surface area contributed by atoms with Gasteiger partial charge in [-0.1, -0.05) is 24.1 Å². The predicted molar refractivity (Wildman–Crippen MR) is 79.2 cm³/mol. The van der Waals surface area contributed by atoms with Crippen molar-refractivity contribution >= 4 is 27.3 Å². The van der Waals surface area contributed by atoms with Crippen molar-refractivity contribution in [3.63, 3.8) is 0 Å². The first-order chi connectivity index (χ1) is 8.96. The number of halogens is 1. The van der Waals surface area contributed by atoms with Crippen LogP contribution in [-0.4, -0.2) is 26.8 Å². The zero-order valence-corrected chi connectivity index (χ0v) is 12.5. The highest BCUT2D eigenvalue weighted by molar-refractivity contribution is 7.92. The fourth-order valence-corrected chi connectivity index (χ4v) is 3.87. The zero-order chi connectivity index (χ0) is 13.9. The van der Waals surface area contributed by atoms with E-state index in [2.05, 4.69) is 10.0 Å². The molecule has 0 aromatic heterocycles. The number of anilines is 1. The van der Waals surface area contributed by atoms with Crippen LogP contribution in [0.1, 0.15) is 24.8 Å². The molecule has 0 aliphatic carbocycles. The van der Waals surface area contributed by atoms with Gasteiger partial charge in [-0.25, -0.2) is 8.42 Å². The number of nitrogens with one attached hydrogen (secondary N) is 2. The third kappa shape index (κ3) is 4.37. The lowest BCUT2D eigenvalue weighted by Crippen LogP contribution is -2.40. The number of sulfonamides is 1. The first kappa shape index (κ1) is 14.6. The lowest BCUT2D eigenvalue weighted by Gasteiger charge is -2.23. The number of hydrogen-bond acceptors (Lipinski definition) is 3. The molecule has 2 rings (SSSR count). The summed E-state index contributed by atoms with van der Waals surface area (Å²) in [5.41, 5.74) is 1.42. The molecular formula is C13H19ClN2O2S. The summed E-state index contributed by atoms with van der Waals surface area (Å²) in [4.78, 5) is 0. The lowest BCUT2D eigenvalue weighted by atomic mass is 10.1. The Hall–Kier alpha value is -0.780. The molecule has 2 N–H and O–H groups in total. The molecule has 1 aliphatic heterocycles. The predicted octanol–water partition coefficient (Wildman–Crippen LogP) is 2.53. The van der Waals surface area contributed by atoms with Crippen LogP contribution >= 0.6 is 11.6 Å². The Morgan fingerprint density at radius 2 is 2.21 bits per heavy atom. The second-order valence-corrected chi connectivity index (χ2v) is 7.19. The third-order valence-electron chi connectivity index (χ3n) is 3.30. The second kappa shape index (κ2) is 6.11. The molecule has 0 spiro atoms. The van der Waals surface area contributed by atoms with Crippen LogP contribution in [0.5, 0.6) is 0 Å². The van der Waals surface area contributed by atoms with Gasteiger partial charge in [0.2, 0.25) is 10.0 Å². The average Bonchev–Trinajstić information content (AvgIpc) is 2.34. The standard InChI is InChI=1S/C13H19ClN2O2S/c1-10-5-6-11(14)8-13(10)16-19(17,18)9-12-4-2-3-7-15-12/h5-6,8,12,15-16H,2-4,7,9H2,1H3. The molecule has 1 fully saturated rings. The molecule has 0 radical (unpaired) electrons. The molecule has 6 heteroatoms. The van der Waals surface area contributed by atoms with Crippen LogP contribution in [0.15, 0.2) is 18.2 Å². The van der Waals surface area contributed by atoms with Crippen LogP contribution in [0.3, 0.4) is 0 Å². The van der Waals surface area contributed by atoms with Crippen molar-refractivity contribution in [2.24, 2.45) is 0 Å². The molecule has 1 aromatic rings. The van der Waals surface area contributed by atoms with E-state index < -0.39 is 10.0 Å². The summed E-state index contributed by atoms with van der Waals surface area (Å²) in [5.74, 6) is 0.110. The van der Waals surface area contributed by atoms with E-state index >= 15 is 0 Å². The van der Waals surface area contributed by atoms with E-state index in [9.17, 15) is 8.42 Å². The van der Waals surface area contributed by atoms with Gasteiger partial charge in [-0.2, -0.15) is 0 Å². The summed E-state index contributed by atoms with van der Waals surface area (Å²) in [7, 11) is -3.34. The van der Waals surface area contributed by atoms with E-state index in [0.717, 1.165) is 31.4 Å². The van der Waals surface area contributed by atoms with Gasteiger partial charge < -0.3 is 5.32 Å². The molecule has 19 heavy (non-hydrogen) atoms. The van der Waals surface area contributed by atoms with Crippen LogP contribution in [0, 0.1) is 6.92 Å². The SMILES string of the molecule is Cc1ccc(Cl)cc1NS(=O)(=O)CC1CCCCN1. The maximum absolute atomic E-state index is 12.1. The van der Waals surface area contributed by atoms with E-state index in [1.807, 2.05) is 6.92 Å². The highest BCUT2D eigenvalue weighted by Gasteiger charge is 2.21. The van der Waals surface area contributed by atoms with Gasteiger partial charge in [-0.3, -0.25) is 4.72 Å². The Labute approximate surface area is 119 Å². The van der Waals surface area contributed by atoms with Crippen LogP contribution in [0.2, 0.25) is 5.02 Å². The van der Waals surface area contributed by atoms with Crippen molar-refractivity contribution in [2.75, 3.05) is 17.0 Å². The van der Waals surface area contributed by atoms with E-state index in [0.29, 0.717) is 10.7 Å². The highest BCUT2D eigenvalue weighted by atomic mass is 35.5. The quantitative estimate of drug-likeness (QED) is 0.898. The molecule has 0 amide bonds. The maximum Gasteiger partial charge on any atom is 0.234 e. The highest BCUT2D eigenvalue weighted by Crippen LogP contribution is 2.21. The summed E-state index contributed by atoms with van der Waals surface area (Å²) in [6.07, 6.45) is 3.12. The topological polar surface area (TPSA) is 58.2 Å². The van der Waals surface area contributed by atoms with Gasteiger partial charge in [0.05, 0.1) is 11.4 Å². The minimum absolute atomic E-state index is 0.0470. The summed E-state index contributed by atoms with van der Waals surface area (Å²) in [6.45, 7) is 2.75. The third-order valence-corrected chi connectivity index (χ3v) is 4.91. The smallest absolute Gasteiger partial charge is 0.234 e. The molecular weight excluding hydrogens is 284 g/mol. The number of aryl methyl sites for hydroxylation is 1. The summed E-state index contributed by atoms with van der Waals surface area (Å²) in [6, 6.07) is 5.24. The Morgan fingerprint density at radius 3 is 2.89 bits per heavy atom. The molecule has 1 saturated heterocycles. The lowest BCUT2D eigenvalue weighted by molar-refractivity contribution is 0.424. The van der Waals surface area contributed by atoms with E-state index in [1.54, 1.807) is 18.2 Å². The van der Waals surface area contributed by atoms with Gasteiger partial charge in [0.15, 0.2) is 0 Å². The fraction of sp³-hybridized carbons (Fsp3) is 0.538. The molecule has 4 nitrogen and oxygen atoms in total. The van der Waals surface area contributed by atoms with Gasteiger partial charge in [-0.05, 0) is 44.0 Å². The maximum atomic E-state index is 12.1. The molecule has 0 bridgehead atoms. The van der Waals surface area contributed by atoms with Gasteiger partial charge in [-0.15, -0.1) is 0 Å². The van der Waals surface area contributed by atoms with Crippen molar-refractivity contribution in [3.8, 4) is 0 Å². The normalized spacial score (nSPS) is 20.2. The Morgan fingerprint density at radius 1 is 1.42 bits per heavy atom. The molecule has 1 aliphatic rings. The van der Waals surface area contributed by atoms with E-state index in [4.69, 9.17) is 11.6 Å². The van der Waals surface area contributed by atoms with E-state index in [-0.39, 0.29) is 11.8 Å². The second-order valence-electron chi connectivity index (χ2n) is 4.99. The zero-order valence-electron chi connectivity index (χ0n) is 10.9. The first-order valence-corrected chi connectivity index (χ1v) is 8.49. The minimum Gasteiger partial charge on any atom is -0.313 e. The fourth-order valence-electron chi connectivity index (χ4n) is 2.24. The minimum atomic E-state index is -3.34. The summed E-state index contributed by atoms with van der Waals surface area (Å²) in [5, 5.41) is 3.77. The number of benzene rings is 1. The van der Waals surface area contributed by atoms with Crippen LogP contribution in [0.25, 0.3) is 0 Å².